The molecule has 2 aromatic heterocycles. The average molecular weight is 236 g/mol. The maximum atomic E-state index is 11.9. The molecule has 82 valence electrons. The molecule has 0 aliphatic rings. The molecular weight excluding hydrogens is 226 g/mol. The molecule has 0 saturated heterocycles. The molecule has 0 saturated carbocycles. The first-order chi connectivity index (χ1) is 7.65. The summed E-state index contributed by atoms with van der Waals surface area (Å²) >= 11 is 5.72. The van der Waals surface area contributed by atoms with E-state index >= 15 is 0 Å². The minimum absolute atomic E-state index is 0.0114. The number of carbonyl (C=O) groups excluding carboxylic acids is 1. The second kappa shape index (κ2) is 4.45. The molecule has 16 heavy (non-hydrogen) atoms. The normalized spacial score (nSPS) is 10.4. The highest BCUT2D eigenvalue weighted by Crippen LogP contribution is 2.10. The molecule has 0 atom stereocenters. The molecule has 0 aliphatic heterocycles. The van der Waals surface area contributed by atoms with Crippen molar-refractivity contribution < 1.29 is 4.79 Å². The number of halogens is 1. The average Bonchev–Trinajstić information content (AvgIpc) is 2.64. The van der Waals surface area contributed by atoms with Crippen LogP contribution >= 0.6 is 11.6 Å². The maximum Gasteiger partial charge on any atom is 0.167 e. The molecule has 0 spiro atoms. The zero-order valence-electron chi connectivity index (χ0n) is 8.72. The van der Waals surface area contributed by atoms with Gasteiger partial charge in [0.05, 0.1) is 6.20 Å². The van der Waals surface area contributed by atoms with Crippen molar-refractivity contribution >= 4 is 17.4 Å². The molecule has 0 bridgehead atoms. The van der Waals surface area contributed by atoms with Crippen LogP contribution in [0.2, 0.25) is 5.15 Å². The zero-order valence-corrected chi connectivity index (χ0v) is 9.48. The maximum absolute atomic E-state index is 11.9. The van der Waals surface area contributed by atoms with E-state index in [4.69, 9.17) is 11.6 Å². The van der Waals surface area contributed by atoms with E-state index in [9.17, 15) is 4.79 Å². The molecule has 0 aliphatic carbocycles. The van der Waals surface area contributed by atoms with Gasteiger partial charge in [0, 0.05) is 31.4 Å². The Balaban J connectivity index is 2.14. The number of Topliss-reactive ketones (excluding diaryl/α,β-unsaturated/α-hetero) is 1. The third-order valence-corrected chi connectivity index (χ3v) is 2.38. The summed E-state index contributed by atoms with van der Waals surface area (Å²) in [6, 6.07) is 3.23. The SMILES string of the molecule is Cn1cc(CC(=O)c2ccnc(Cl)c2)cn1. The summed E-state index contributed by atoms with van der Waals surface area (Å²) in [5.41, 5.74) is 1.46. The molecule has 4 nitrogen and oxygen atoms in total. The third-order valence-electron chi connectivity index (χ3n) is 2.17. The van der Waals surface area contributed by atoms with Gasteiger partial charge in [0.15, 0.2) is 5.78 Å². The Bertz CT molecular complexity index is 521. The molecule has 0 fully saturated rings. The Labute approximate surface area is 97.9 Å². The van der Waals surface area contributed by atoms with E-state index in [1.807, 2.05) is 13.2 Å². The Morgan fingerprint density at radius 3 is 3.00 bits per heavy atom. The number of rotatable bonds is 3. The van der Waals surface area contributed by atoms with Crippen molar-refractivity contribution in [1.82, 2.24) is 14.8 Å². The van der Waals surface area contributed by atoms with Gasteiger partial charge in [-0.1, -0.05) is 11.6 Å². The van der Waals surface area contributed by atoms with Crippen LogP contribution in [-0.4, -0.2) is 20.5 Å². The van der Waals surface area contributed by atoms with E-state index in [0.29, 0.717) is 17.1 Å². The van der Waals surface area contributed by atoms with E-state index < -0.39 is 0 Å². The fourth-order valence-electron chi connectivity index (χ4n) is 1.43. The fraction of sp³-hybridized carbons (Fsp3) is 0.182. The molecule has 2 aromatic rings. The first kappa shape index (κ1) is 10.8. The van der Waals surface area contributed by atoms with Crippen molar-refractivity contribution in [1.29, 1.82) is 0 Å². The lowest BCUT2D eigenvalue weighted by molar-refractivity contribution is 0.0993. The van der Waals surface area contributed by atoms with Crippen molar-refractivity contribution in [2.75, 3.05) is 0 Å². The summed E-state index contributed by atoms with van der Waals surface area (Å²) in [7, 11) is 1.82. The van der Waals surface area contributed by atoms with Crippen molar-refractivity contribution in [3.63, 3.8) is 0 Å². The number of aromatic nitrogens is 3. The fourth-order valence-corrected chi connectivity index (χ4v) is 1.60. The summed E-state index contributed by atoms with van der Waals surface area (Å²) in [5, 5.41) is 4.34. The summed E-state index contributed by atoms with van der Waals surface area (Å²) < 4.78 is 1.67. The predicted molar refractivity (Wildman–Crippen MR) is 60.5 cm³/mol. The van der Waals surface area contributed by atoms with Crippen LogP contribution in [0.3, 0.4) is 0 Å². The lowest BCUT2D eigenvalue weighted by Crippen LogP contribution is -2.03. The minimum atomic E-state index is 0.0114. The predicted octanol–water partition coefficient (Wildman–Crippen LogP) is 1.89. The monoisotopic (exact) mass is 235 g/mol. The Morgan fingerprint density at radius 1 is 1.56 bits per heavy atom. The second-order valence-corrected chi connectivity index (χ2v) is 3.88. The molecular formula is C11H10ClN3O. The molecule has 0 amide bonds. The number of carbonyl (C=O) groups is 1. The van der Waals surface area contributed by atoms with Crippen LogP contribution in [0.25, 0.3) is 0 Å². The summed E-state index contributed by atoms with van der Waals surface area (Å²) in [4.78, 5) is 15.7. The largest absolute Gasteiger partial charge is 0.294 e. The number of ketones is 1. The Kier molecular flexibility index (Phi) is 3.01. The first-order valence-electron chi connectivity index (χ1n) is 4.77. The van der Waals surface area contributed by atoms with Gasteiger partial charge in [-0.25, -0.2) is 4.98 Å². The second-order valence-electron chi connectivity index (χ2n) is 3.49. The van der Waals surface area contributed by atoms with Gasteiger partial charge in [0.2, 0.25) is 0 Å². The first-order valence-corrected chi connectivity index (χ1v) is 5.15. The number of nitrogens with zero attached hydrogens (tertiary/aromatic N) is 3. The molecule has 5 heteroatoms. The van der Waals surface area contributed by atoms with Gasteiger partial charge < -0.3 is 0 Å². The summed E-state index contributed by atoms with van der Waals surface area (Å²) in [6.45, 7) is 0. The van der Waals surface area contributed by atoms with Crippen molar-refractivity contribution in [2.24, 2.45) is 7.05 Å². The summed E-state index contributed by atoms with van der Waals surface area (Å²) in [6.07, 6.45) is 5.36. The lowest BCUT2D eigenvalue weighted by atomic mass is 10.1. The van der Waals surface area contributed by atoms with E-state index in [-0.39, 0.29) is 5.78 Å². The van der Waals surface area contributed by atoms with E-state index in [2.05, 4.69) is 10.1 Å². The highest BCUT2D eigenvalue weighted by molar-refractivity contribution is 6.29. The Hall–Kier alpha value is -1.68. The summed E-state index contributed by atoms with van der Waals surface area (Å²) in [5.74, 6) is 0.0114. The Morgan fingerprint density at radius 2 is 2.38 bits per heavy atom. The molecule has 0 radical (unpaired) electrons. The van der Waals surface area contributed by atoms with Gasteiger partial charge in [0.25, 0.3) is 0 Å². The standard InChI is InChI=1S/C11H10ClN3O/c1-15-7-8(6-14-15)4-10(16)9-2-3-13-11(12)5-9/h2-3,5-7H,4H2,1H3. The van der Waals surface area contributed by atoms with Crippen LogP contribution < -0.4 is 0 Å². The third kappa shape index (κ3) is 2.46. The van der Waals surface area contributed by atoms with Crippen molar-refractivity contribution in [3.8, 4) is 0 Å². The van der Waals surface area contributed by atoms with Crippen LogP contribution in [0.15, 0.2) is 30.7 Å². The smallest absolute Gasteiger partial charge is 0.167 e. The number of pyridine rings is 1. The van der Waals surface area contributed by atoms with Gasteiger partial charge in [0.1, 0.15) is 5.15 Å². The minimum Gasteiger partial charge on any atom is -0.294 e. The van der Waals surface area contributed by atoms with E-state index in [1.165, 1.54) is 6.20 Å². The topological polar surface area (TPSA) is 47.8 Å². The van der Waals surface area contributed by atoms with Crippen LogP contribution in [-0.2, 0) is 13.5 Å². The van der Waals surface area contributed by atoms with E-state index in [1.54, 1.807) is 23.0 Å². The molecule has 2 rings (SSSR count). The molecule has 2 heterocycles. The van der Waals surface area contributed by atoms with Gasteiger partial charge in [-0.2, -0.15) is 5.10 Å². The molecule has 0 N–H and O–H groups in total. The van der Waals surface area contributed by atoms with Gasteiger partial charge >= 0.3 is 0 Å². The van der Waals surface area contributed by atoms with Crippen LogP contribution in [0, 0.1) is 0 Å². The van der Waals surface area contributed by atoms with Gasteiger partial charge in [-0.05, 0) is 17.7 Å². The van der Waals surface area contributed by atoms with Gasteiger partial charge in [-0.3, -0.25) is 9.48 Å². The molecule has 0 unspecified atom stereocenters. The number of hydrogen-bond acceptors (Lipinski definition) is 3. The highest BCUT2D eigenvalue weighted by atomic mass is 35.5. The highest BCUT2D eigenvalue weighted by Gasteiger charge is 2.08. The lowest BCUT2D eigenvalue weighted by Gasteiger charge is -1.98. The number of hydrogen-bond donors (Lipinski definition) is 0. The molecule has 0 aromatic carbocycles. The quantitative estimate of drug-likeness (QED) is 0.603. The van der Waals surface area contributed by atoms with Crippen LogP contribution in [0.5, 0.6) is 0 Å². The van der Waals surface area contributed by atoms with Crippen LogP contribution in [0.1, 0.15) is 15.9 Å². The van der Waals surface area contributed by atoms with Crippen LogP contribution in [0.4, 0.5) is 0 Å². The van der Waals surface area contributed by atoms with Crippen molar-refractivity contribution in [2.45, 2.75) is 6.42 Å². The van der Waals surface area contributed by atoms with E-state index in [0.717, 1.165) is 5.56 Å². The van der Waals surface area contributed by atoms with Crippen molar-refractivity contribution in [3.05, 3.63) is 47.0 Å². The number of aryl methyl sites for hydroxylation is 1. The van der Waals surface area contributed by atoms with Gasteiger partial charge in [-0.15, -0.1) is 0 Å². The zero-order chi connectivity index (χ0) is 11.5.